The van der Waals surface area contributed by atoms with Crippen molar-refractivity contribution in [3.05, 3.63) is 12.2 Å². The van der Waals surface area contributed by atoms with Crippen LogP contribution in [0.4, 0.5) is 0 Å². The van der Waals surface area contributed by atoms with Gasteiger partial charge in [-0.15, -0.1) is 10.2 Å². The highest BCUT2D eigenvalue weighted by Crippen LogP contribution is 2.19. The molecule has 0 amide bonds. The Bertz CT molecular complexity index is 263. The van der Waals surface area contributed by atoms with Gasteiger partial charge in [-0.3, -0.25) is 0 Å². The molecule has 1 N–H and O–H groups in total. The van der Waals surface area contributed by atoms with Crippen molar-refractivity contribution < 1.29 is 0 Å². The van der Waals surface area contributed by atoms with Gasteiger partial charge < -0.3 is 9.88 Å². The molecule has 0 bridgehead atoms. The summed E-state index contributed by atoms with van der Waals surface area (Å²) in [4.78, 5) is 0. The molecule has 4 heteroatoms. The van der Waals surface area contributed by atoms with Gasteiger partial charge in [0.2, 0.25) is 0 Å². The van der Waals surface area contributed by atoms with Crippen LogP contribution in [0.25, 0.3) is 0 Å². The maximum atomic E-state index is 4.06. The highest BCUT2D eigenvalue weighted by Gasteiger charge is 2.28. The van der Waals surface area contributed by atoms with E-state index in [2.05, 4.69) is 33.9 Å². The smallest absolute Gasteiger partial charge is 0.152 e. The van der Waals surface area contributed by atoms with Gasteiger partial charge in [-0.05, 0) is 13.8 Å². The van der Waals surface area contributed by atoms with E-state index in [9.17, 15) is 0 Å². The molecule has 0 atom stereocenters. The van der Waals surface area contributed by atoms with Crippen LogP contribution in [0.2, 0.25) is 0 Å². The first-order valence-electron chi connectivity index (χ1n) is 3.83. The molecule has 1 aliphatic rings. The van der Waals surface area contributed by atoms with E-state index in [1.807, 2.05) is 0 Å². The van der Waals surface area contributed by atoms with Crippen molar-refractivity contribution >= 4 is 0 Å². The molecule has 0 saturated heterocycles. The van der Waals surface area contributed by atoms with Crippen LogP contribution in [0.3, 0.4) is 0 Å². The first-order valence-corrected chi connectivity index (χ1v) is 3.83. The number of nitrogens with one attached hydrogen (secondary N) is 1. The summed E-state index contributed by atoms with van der Waals surface area (Å²) in [5.74, 6) is 1.03. The van der Waals surface area contributed by atoms with Crippen molar-refractivity contribution in [2.45, 2.75) is 25.9 Å². The van der Waals surface area contributed by atoms with Crippen molar-refractivity contribution in [1.29, 1.82) is 0 Å². The summed E-state index contributed by atoms with van der Waals surface area (Å²) < 4.78 is 2.09. The molecule has 2 heterocycles. The summed E-state index contributed by atoms with van der Waals surface area (Å²) >= 11 is 0. The first kappa shape index (κ1) is 6.79. The van der Waals surface area contributed by atoms with Crippen LogP contribution in [0, 0.1) is 0 Å². The molecule has 60 valence electrons. The second-order valence-electron chi connectivity index (χ2n) is 3.40. The van der Waals surface area contributed by atoms with E-state index in [0.717, 1.165) is 18.9 Å². The maximum Gasteiger partial charge on any atom is 0.152 e. The molecule has 0 saturated carbocycles. The Morgan fingerprint density at radius 3 is 3.18 bits per heavy atom. The number of fused-ring (bicyclic) bond motifs is 1. The lowest BCUT2D eigenvalue weighted by atomic mass is 10.0. The second-order valence-corrected chi connectivity index (χ2v) is 3.40. The van der Waals surface area contributed by atoms with Gasteiger partial charge in [-0.25, -0.2) is 0 Å². The van der Waals surface area contributed by atoms with Crippen LogP contribution in [0.15, 0.2) is 6.33 Å². The van der Waals surface area contributed by atoms with Crippen LogP contribution < -0.4 is 5.32 Å². The molecule has 0 radical (unpaired) electrons. The molecule has 11 heavy (non-hydrogen) atoms. The molecule has 0 aromatic carbocycles. The summed E-state index contributed by atoms with van der Waals surface area (Å²) in [5.41, 5.74) is -0.0191. The predicted octanol–water partition coefficient (Wildman–Crippen LogP) is 0.116. The normalized spacial score (nSPS) is 21.3. The molecule has 1 aromatic heterocycles. The third kappa shape index (κ3) is 0.939. The summed E-state index contributed by atoms with van der Waals surface area (Å²) in [6.07, 6.45) is 1.79. The van der Waals surface area contributed by atoms with Crippen molar-refractivity contribution in [2.75, 3.05) is 6.54 Å². The molecule has 0 unspecified atom stereocenters. The van der Waals surface area contributed by atoms with Gasteiger partial charge in [0.05, 0.1) is 5.54 Å². The van der Waals surface area contributed by atoms with Gasteiger partial charge in [-0.2, -0.15) is 0 Å². The molecule has 1 aromatic rings. The fourth-order valence-corrected chi connectivity index (χ4v) is 1.47. The molecule has 0 fully saturated rings. The molecule has 2 rings (SSSR count). The minimum Gasteiger partial charge on any atom is -0.315 e. The topological polar surface area (TPSA) is 42.7 Å². The Hall–Kier alpha value is -0.900. The van der Waals surface area contributed by atoms with Crippen molar-refractivity contribution in [2.24, 2.45) is 0 Å². The van der Waals surface area contributed by atoms with Gasteiger partial charge in [0.15, 0.2) is 5.82 Å². The highest BCUT2D eigenvalue weighted by molar-refractivity contribution is 5.04. The van der Waals surface area contributed by atoms with Crippen LogP contribution >= 0.6 is 0 Å². The Balaban J connectivity index is 2.48. The molecule has 0 spiro atoms. The van der Waals surface area contributed by atoms with Gasteiger partial charge in [0, 0.05) is 13.1 Å². The molecule has 4 nitrogen and oxygen atoms in total. The Labute approximate surface area is 65.6 Å². The van der Waals surface area contributed by atoms with E-state index in [0.29, 0.717) is 0 Å². The zero-order valence-electron chi connectivity index (χ0n) is 6.83. The maximum absolute atomic E-state index is 4.06. The van der Waals surface area contributed by atoms with Gasteiger partial charge in [-0.1, -0.05) is 0 Å². The van der Waals surface area contributed by atoms with Crippen LogP contribution in [-0.4, -0.2) is 21.3 Å². The lowest BCUT2D eigenvalue weighted by Gasteiger charge is -2.30. The number of aromatic nitrogens is 3. The van der Waals surface area contributed by atoms with Crippen molar-refractivity contribution in [3.8, 4) is 0 Å². The number of hydrogen-bond donors (Lipinski definition) is 1. The first-order chi connectivity index (χ1) is 5.20. The monoisotopic (exact) mass is 152 g/mol. The zero-order valence-corrected chi connectivity index (χ0v) is 6.83. The SMILES string of the molecule is CC1(C)NCCn2cnnc21. The van der Waals surface area contributed by atoms with Crippen LogP contribution in [-0.2, 0) is 12.1 Å². The summed E-state index contributed by atoms with van der Waals surface area (Å²) in [6, 6.07) is 0. The lowest BCUT2D eigenvalue weighted by Crippen LogP contribution is -2.45. The molecule has 0 aliphatic carbocycles. The van der Waals surface area contributed by atoms with Gasteiger partial charge >= 0.3 is 0 Å². The Morgan fingerprint density at radius 1 is 1.64 bits per heavy atom. The van der Waals surface area contributed by atoms with Crippen molar-refractivity contribution in [1.82, 2.24) is 20.1 Å². The number of nitrogens with zero attached hydrogens (tertiary/aromatic N) is 3. The van der Waals surface area contributed by atoms with E-state index in [1.54, 1.807) is 6.33 Å². The third-order valence-corrected chi connectivity index (χ3v) is 2.09. The number of rotatable bonds is 0. The Kier molecular flexibility index (Phi) is 1.26. The van der Waals surface area contributed by atoms with E-state index in [1.165, 1.54) is 0 Å². The minimum atomic E-state index is -0.0191. The molecular formula is C7H12N4. The third-order valence-electron chi connectivity index (χ3n) is 2.09. The highest BCUT2D eigenvalue weighted by atomic mass is 15.3. The summed E-state index contributed by atoms with van der Waals surface area (Å²) in [5, 5.41) is 11.3. The van der Waals surface area contributed by atoms with E-state index < -0.39 is 0 Å². The quantitative estimate of drug-likeness (QED) is 0.574. The number of hydrogen-bond acceptors (Lipinski definition) is 3. The van der Waals surface area contributed by atoms with Crippen LogP contribution in [0.1, 0.15) is 19.7 Å². The predicted molar refractivity (Wildman–Crippen MR) is 41.1 cm³/mol. The summed E-state index contributed by atoms with van der Waals surface area (Å²) in [6.45, 7) is 6.21. The molecular weight excluding hydrogens is 140 g/mol. The largest absolute Gasteiger partial charge is 0.315 e. The van der Waals surface area contributed by atoms with E-state index in [4.69, 9.17) is 0 Å². The zero-order chi connectivity index (χ0) is 7.90. The standard InChI is InChI=1S/C7H12N4/c1-7(2)6-10-9-5-11(6)4-3-8-7/h5,8H,3-4H2,1-2H3. The van der Waals surface area contributed by atoms with Crippen LogP contribution in [0.5, 0.6) is 0 Å². The second kappa shape index (κ2) is 2.04. The average Bonchev–Trinajstić information content (AvgIpc) is 2.34. The fraction of sp³-hybridized carbons (Fsp3) is 0.714. The average molecular weight is 152 g/mol. The Morgan fingerprint density at radius 2 is 2.45 bits per heavy atom. The van der Waals surface area contributed by atoms with Gasteiger partial charge in [0.25, 0.3) is 0 Å². The van der Waals surface area contributed by atoms with Crippen molar-refractivity contribution in [3.63, 3.8) is 0 Å². The van der Waals surface area contributed by atoms with E-state index >= 15 is 0 Å². The van der Waals surface area contributed by atoms with Gasteiger partial charge in [0.1, 0.15) is 6.33 Å². The lowest BCUT2D eigenvalue weighted by molar-refractivity contribution is 0.315. The fourth-order valence-electron chi connectivity index (χ4n) is 1.47. The van der Waals surface area contributed by atoms with E-state index in [-0.39, 0.29) is 5.54 Å². The summed E-state index contributed by atoms with van der Waals surface area (Å²) in [7, 11) is 0. The molecule has 1 aliphatic heterocycles. The minimum absolute atomic E-state index is 0.0191.